The largest absolute Gasteiger partial charge is 0.387 e. The van der Waals surface area contributed by atoms with Crippen LogP contribution in [0.25, 0.3) is 0 Å². The predicted octanol–water partition coefficient (Wildman–Crippen LogP) is 1.74. The first-order valence-electron chi connectivity index (χ1n) is 14.7. The molecular formula is C29H35BrN8O7. The number of nitro groups is 1. The highest BCUT2D eigenvalue weighted by Gasteiger charge is 2.43. The van der Waals surface area contributed by atoms with E-state index in [1.807, 2.05) is 13.8 Å². The van der Waals surface area contributed by atoms with Gasteiger partial charge in [-0.25, -0.2) is 0 Å². The van der Waals surface area contributed by atoms with Crippen molar-refractivity contribution in [1.82, 2.24) is 25.4 Å². The molecule has 4 N–H and O–H groups in total. The maximum Gasteiger partial charge on any atom is 0.294 e. The van der Waals surface area contributed by atoms with Crippen molar-refractivity contribution in [2.75, 3.05) is 43.9 Å². The molecule has 0 saturated carbocycles. The Bertz CT molecular complexity index is 1510. The normalized spacial score (nSPS) is 24.6. The van der Waals surface area contributed by atoms with Crippen molar-refractivity contribution in [1.29, 1.82) is 0 Å². The highest BCUT2D eigenvalue weighted by Crippen LogP contribution is 2.36. The van der Waals surface area contributed by atoms with Gasteiger partial charge in [0, 0.05) is 62.2 Å². The third-order valence-electron chi connectivity index (χ3n) is 8.07. The Balaban J connectivity index is 1.47. The summed E-state index contributed by atoms with van der Waals surface area (Å²) in [5.41, 5.74) is 0.573. The second-order valence-corrected chi connectivity index (χ2v) is 12.4. The molecule has 3 aliphatic heterocycles. The number of hydrogen-bond donors (Lipinski definition) is 4. The number of nitrogens with one attached hydrogen (secondary N) is 4. The number of halogens is 1. The van der Waals surface area contributed by atoms with Crippen LogP contribution in [0.5, 0.6) is 0 Å². The lowest BCUT2D eigenvalue weighted by Crippen LogP contribution is -2.50. The minimum absolute atomic E-state index is 0.00697. The number of hydrogen-bond acceptors (Lipinski definition) is 10. The van der Waals surface area contributed by atoms with Crippen molar-refractivity contribution in [3.63, 3.8) is 0 Å². The topological polar surface area (TPSA) is 188 Å². The van der Waals surface area contributed by atoms with Gasteiger partial charge in [-0.05, 0) is 38.8 Å². The summed E-state index contributed by atoms with van der Waals surface area (Å²) in [5.74, 6) is -1.71. The lowest BCUT2D eigenvalue weighted by atomic mass is 10.1. The van der Waals surface area contributed by atoms with E-state index >= 15 is 0 Å². The summed E-state index contributed by atoms with van der Waals surface area (Å²) in [7, 11) is 1.69. The van der Waals surface area contributed by atoms with Crippen LogP contribution in [0.15, 0.2) is 35.1 Å². The fourth-order valence-electron chi connectivity index (χ4n) is 6.05. The summed E-state index contributed by atoms with van der Waals surface area (Å²) in [4.78, 5) is 72.1. The van der Waals surface area contributed by atoms with E-state index in [9.17, 15) is 29.3 Å². The summed E-state index contributed by atoms with van der Waals surface area (Å²) >= 11 is 3.31. The van der Waals surface area contributed by atoms with Crippen molar-refractivity contribution in [2.45, 2.75) is 57.0 Å². The number of anilines is 2. The van der Waals surface area contributed by atoms with E-state index in [1.54, 1.807) is 24.2 Å². The van der Waals surface area contributed by atoms with Crippen molar-refractivity contribution in [2.24, 2.45) is 0 Å². The number of morpholine rings is 1. The van der Waals surface area contributed by atoms with Gasteiger partial charge in [0.05, 0.1) is 33.9 Å². The van der Waals surface area contributed by atoms with Crippen LogP contribution in [0.2, 0.25) is 0 Å². The van der Waals surface area contributed by atoms with Gasteiger partial charge in [-0.15, -0.1) is 0 Å². The van der Waals surface area contributed by atoms with Crippen LogP contribution in [0, 0.1) is 10.1 Å². The Morgan fingerprint density at radius 3 is 2.49 bits per heavy atom. The molecule has 1 aromatic heterocycles. The zero-order valence-corrected chi connectivity index (χ0v) is 26.6. The molecule has 2 aromatic rings. The van der Waals surface area contributed by atoms with E-state index in [1.165, 1.54) is 23.2 Å². The summed E-state index contributed by atoms with van der Waals surface area (Å²) in [6.45, 7) is 4.74. The number of benzene rings is 1. The second kappa shape index (κ2) is 13.4. The van der Waals surface area contributed by atoms with Gasteiger partial charge in [-0.2, -0.15) is 0 Å². The Hall–Kier alpha value is -4.31. The number of pyridine rings is 1. The van der Waals surface area contributed by atoms with Gasteiger partial charge >= 0.3 is 0 Å². The lowest BCUT2D eigenvalue weighted by Gasteiger charge is -2.35. The van der Waals surface area contributed by atoms with E-state index in [0.29, 0.717) is 36.2 Å². The Morgan fingerprint density at radius 2 is 1.84 bits per heavy atom. The van der Waals surface area contributed by atoms with Gasteiger partial charge in [0.15, 0.2) is 0 Å². The maximum absolute atomic E-state index is 13.8. The molecule has 3 saturated heterocycles. The van der Waals surface area contributed by atoms with Crippen molar-refractivity contribution in [3.05, 3.63) is 56.3 Å². The molecule has 16 heteroatoms. The first-order chi connectivity index (χ1) is 21.4. The molecule has 4 heterocycles. The lowest BCUT2D eigenvalue weighted by molar-refractivity contribution is -0.384. The molecule has 0 unspecified atom stereocenters. The highest BCUT2D eigenvalue weighted by atomic mass is 79.9. The van der Waals surface area contributed by atoms with Gasteiger partial charge in [-0.3, -0.25) is 34.3 Å². The monoisotopic (exact) mass is 686 g/mol. The van der Waals surface area contributed by atoms with E-state index in [2.05, 4.69) is 42.2 Å². The van der Waals surface area contributed by atoms with Crippen LogP contribution in [0.3, 0.4) is 0 Å². The van der Waals surface area contributed by atoms with E-state index in [0.717, 1.165) is 0 Å². The van der Waals surface area contributed by atoms with E-state index in [-0.39, 0.29) is 53.6 Å². The summed E-state index contributed by atoms with van der Waals surface area (Å²) in [5, 5.41) is 23.7. The summed E-state index contributed by atoms with van der Waals surface area (Å²) in [6, 6.07) is 2.05. The maximum atomic E-state index is 13.8. The van der Waals surface area contributed by atoms with Gasteiger partial charge in [0.1, 0.15) is 17.8 Å². The molecule has 0 aliphatic carbocycles. The highest BCUT2D eigenvalue weighted by molar-refractivity contribution is 9.10. The third-order valence-corrected chi connectivity index (χ3v) is 8.53. The molecule has 0 radical (unpaired) electrons. The SMILES string of the molecule is CNc1cncc(C(=O)N2C[C@H](Nc3c(C(=O)N4C[C@@H](C)O[C@@H](C)C4)cc(Br)cc3[N+](=O)[O-])C[C@H]2C(=O)N[C@@H]2CCNC2=O)c1. The van der Waals surface area contributed by atoms with Crippen LogP contribution in [0.4, 0.5) is 17.1 Å². The van der Waals surface area contributed by atoms with Crippen LogP contribution < -0.4 is 21.3 Å². The zero-order chi connectivity index (χ0) is 32.4. The minimum atomic E-state index is -1.00. The average Bonchev–Trinajstić information content (AvgIpc) is 3.62. The number of nitrogens with zero attached hydrogens (tertiary/aromatic N) is 4. The Labute approximate surface area is 267 Å². The smallest absolute Gasteiger partial charge is 0.294 e. The molecule has 240 valence electrons. The molecule has 3 aliphatic rings. The molecule has 3 fully saturated rings. The average molecular weight is 688 g/mol. The Morgan fingerprint density at radius 1 is 1.11 bits per heavy atom. The van der Waals surface area contributed by atoms with Gasteiger partial charge in [0.25, 0.3) is 17.5 Å². The number of aromatic nitrogens is 1. The van der Waals surface area contributed by atoms with Crippen molar-refractivity contribution in [3.8, 4) is 0 Å². The van der Waals surface area contributed by atoms with Crippen LogP contribution in [-0.2, 0) is 14.3 Å². The molecule has 5 atom stereocenters. The van der Waals surface area contributed by atoms with Crippen molar-refractivity contribution < 1.29 is 28.8 Å². The molecule has 15 nitrogen and oxygen atoms in total. The zero-order valence-electron chi connectivity index (χ0n) is 25.0. The Kier molecular flexibility index (Phi) is 9.53. The van der Waals surface area contributed by atoms with Gasteiger partial charge < -0.3 is 35.8 Å². The molecular weight excluding hydrogens is 652 g/mol. The summed E-state index contributed by atoms with van der Waals surface area (Å²) in [6.07, 6.45) is 2.98. The molecule has 4 amide bonds. The van der Waals surface area contributed by atoms with E-state index in [4.69, 9.17) is 4.74 Å². The van der Waals surface area contributed by atoms with E-state index < -0.39 is 40.8 Å². The standard InChI is InChI=1S/C29H35BrN8O7/c1-15-12-36(13-16(2)45-15)29(42)21-7-18(30)8-23(38(43)44)25(21)34-20-9-24(27(40)35-22-4-5-33-26(22)39)37(14-20)28(41)17-6-19(31-3)11-32-10-17/h6-8,10-11,15-16,20,22,24,31,34H,4-5,9,12-14H2,1-3H3,(H,33,39)(H,35,40)/t15-,16+,20-,22-,24+/m1/s1. The van der Waals surface area contributed by atoms with Gasteiger partial charge in [-0.1, -0.05) is 15.9 Å². The number of carbonyl (C=O) groups is 4. The van der Waals surface area contributed by atoms with Crippen LogP contribution >= 0.6 is 15.9 Å². The first kappa shape index (κ1) is 32.1. The summed E-state index contributed by atoms with van der Waals surface area (Å²) < 4.78 is 6.12. The molecule has 1 aromatic carbocycles. The number of nitro benzene ring substituents is 1. The molecule has 5 rings (SSSR count). The number of likely N-dealkylation sites (tertiary alicyclic amines) is 1. The quantitative estimate of drug-likeness (QED) is 0.235. The number of amides is 4. The first-order valence-corrected chi connectivity index (χ1v) is 15.5. The molecule has 45 heavy (non-hydrogen) atoms. The second-order valence-electron chi connectivity index (χ2n) is 11.5. The minimum Gasteiger partial charge on any atom is -0.387 e. The predicted molar refractivity (Wildman–Crippen MR) is 167 cm³/mol. The van der Waals surface area contributed by atoms with Crippen LogP contribution in [0.1, 0.15) is 47.4 Å². The third kappa shape index (κ3) is 7.01. The fourth-order valence-corrected chi connectivity index (χ4v) is 6.49. The number of rotatable bonds is 8. The molecule has 0 spiro atoms. The van der Waals surface area contributed by atoms with Crippen molar-refractivity contribution >= 4 is 56.6 Å². The number of carbonyl (C=O) groups excluding carboxylic acids is 4. The van der Waals surface area contributed by atoms with Gasteiger partial charge in [0.2, 0.25) is 11.8 Å². The fraction of sp³-hybridized carbons (Fsp3) is 0.483. The van der Waals surface area contributed by atoms with Crippen LogP contribution in [-0.4, -0.2) is 107 Å². The molecule has 0 bridgehead atoms. The number of ether oxygens (including phenoxy) is 1.